The Bertz CT molecular complexity index is 516. The van der Waals surface area contributed by atoms with Crippen LogP contribution in [0.5, 0.6) is 0 Å². The molecule has 0 heterocycles. The maximum atomic E-state index is 11.7. The lowest BCUT2D eigenvalue weighted by atomic mass is 9.69. The molecule has 1 aliphatic rings. The number of carbonyl (C=O) groups is 1. The van der Waals surface area contributed by atoms with Crippen LogP contribution in [0.2, 0.25) is 0 Å². The highest BCUT2D eigenvalue weighted by molar-refractivity contribution is 5.82. The predicted molar refractivity (Wildman–Crippen MR) is 82.3 cm³/mol. The van der Waals surface area contributed by atoms with E-state index in [4.69, 9.17) is 0 Å². The van der Waals surface area contributed by atoms with E-state index in [9.17, 15) is 9.90 Å². The Morgan fingerprint density at radius 2 is 2.10 bits per heavy atom. The van der Waals surface area contributed by atoms with Crippen LogP contribution in [0, 0.1) is 12.8 Å². The third-order valence-electron chi connectivity index (χ3n) is 4.81. The maximum absolute atomic E-state index is 11.7. The number of hydrogen-bond donors (Lipinski definition) is 1. The predicted octanol–water partition coefficient (Wildman–Crippen LogP) is 4.26. The Kier molecular flexibility index (Phi) is 4.22. The van der Waals surface area contributed by atoms with Gasteiger partial charge in [0.2, 0.25) is 0 Å². The molecule has 1 N–H and O–H groups in total. The first kappa shape index (κ1) is 15.1. The minimum Gasteiger partial charge on any atom is -0.481 e. The fourth-order valence-electron chi connectivity index (χ4n) is 3.37. The van der Waals surface area contributed by atoms with Crippen LogP contribution in [0.3, 0.4) is 0 Å². The number of benzene rings is 1. The molecule has 1 unspecified atom stereocenters. The molecule has 0 amide bonds. The monoisotopic (exact) mass is 274 g/mol. The zero-order chi connectivity index (χ0) is 14.9. The van der Waals surface area contributed by atoms with Gasteiger partial charge in [-0.1, -0.05) is 26.0 Å². The molecular formula is C18H26O2. The fourth-order valence-corrected chi connectivity index (χ4v) is 3.37. The molecule has 0 bridgehead atoms. The van der Waals surface area contributed by atoms with Crippen LogP contribution in [0.1, 0.15) is 62.3 Å². The van der Waals surface area contributed by atoms with Gasteiger partial charge in [-0.15, -0.1) is 0 Å². The van der Waals surface area contributed by atoms with E-state index < -0.39 is 11.4 Å². The van der Waals surface area contributed by atoms with Gasteiger partial charge in [0.15, 0.2) is 0 Å². The molecule has 0 spiro atoms. The molecule has 0 aliphatic heterocycles. The molecule has 0 saturated heterocycles. The quantitative estimate of drug-likeness (QED) is 0.890. The number of aryl methyl sites for hydroxylation is 1. The van der Waals surface area contributed by atoms with Gasteiger partial charge in [0, 0.05) is 0 Å². The summed E-state index contributed by atoms with van der Waals surface area (Å²) < 4.78 is 0. The lowest BCUT2D eigenvalue weighted by Crippen LogP contribution is -2.36. The average Bonchev–Trinajstić information content (AvgIpc) is 2.37. The van der Waals surface area contributed by atoms with Crippen molar-refractivity contribution in [1.82, 2.24) is 0 Å². The van der Waals surface area contributed by atoms with E-state index in [0.29, 0.717) is 5.92 Å². The van der Waals surface area contributed by atoms with E-state index in [0.717, 1.165) is 31.2 Å². The molecule has 1 aromatic carbocycles. The van der Waals surface area contributed by atoms with Gasteiger partial charge in [-0.05, 0) is 74.1 Å². The normalized spacial score (nSPS) is 21.9. The van der Waals surface area contributed by atoms with Crippen molar-refractivity contribution >= 4 is 5.97 Å². The molecule has 2 heteroatoms. The van der Waals surface area contributed by atoms with Gasteiger partial charge in [-0.25, -0.2) is 0 Å². The van der Waals surface area contributed by atoms with Crippen LogP contribution in [-0.2, 0) is 23.1 Å². The lowest BCUT2D eigenvalue weighted by Gasteiger charge is -2.34. The van der Waals surface area contributed by atoms with Crippen molar-refractivity contribution in [1.29, 1.82) is 0 Å². The zero-order valence-electron chi connectivity index (χ0n) is 13.1. The summed E-state index contributed by atoms with van der Waals surface area (Å²) >= 11 is 0. The van der Waals surface area contributed by atoms with E-state index in [1.54, 1.807) is 0 Å². The van der Waals surface area contributed by atoms with E-state index in [1.165, 1.54) is 23.1 Å². The Morgan fingerprint density at radius 1 is 1.40 bits per heavy atom. The fraction of sp³-hybridized carbons (Fsp3) is 0.611. The van der Waals surface area contributed by atoms with Crippen LogP contribution in [0.25, 0.3) is 0 Å². The second-order valence-corrected chi connectivity index (χ2v) is 6.81. The molecule has 20 heavy (non-hydrogen) atoms. The summed E-state index contributed by atoms with van der Waals surface area (Å²) in [5.74, 6) is -0.00295. The molecule has 2 nitrogen and oxygen atoms in total. The summed E-state index contributed by atoms with van der Waals surface area (Å²) in [5.41, 5.74) is 4.40. The highest BCUT2D eigenvalue weighted by Crippen LogP contribution is 2.40. The third-order valence-corrected chi connectivity index (χ3v) is 4.81. The highest BCUT2D eigenvalue weighted by atomic mass is 16.4. The smallest absolute Gasteiger partial charge is 0.313 e. The molecule has 1 aliphatic carbocycles. The Morgan fingerprint density at radius 3 is 2.70 bits per heavy atom. The van der Waals surface area contributed by atoms with Crippen molar-refractivity contribution in [2.24, 2.45) is 5.92 Å². The molecule has 0 saturated carbocycles. The first-order valence-corrected chi connectivity index (χ1v) is 7.71. The van der Waals surface area contributed by atoms with Gasteiger partial charge in [-0.2, -0.15) is 0 Å². The summed E-state index contributed by atoms with van der Waals surface area (Å²) in [4.78, 5) is 11.7. The third kappa shape index (κ3) is 2.61. The van der Waals surface area contributed by atoms with Crippen molar-refractivity contribution in [3.8, 4) is 0 Å². The molecule has 0 radical (unpaired) electrons. The molecule has 1 atom stereocenters. The van der Waals surface area contributed by atoms with Crippen LogP contribution in [-0.4, -0.2) is 11.1 Å². The van der Waals surface area contributed by atoms with Crippen molar-refractivity contribution < 1.29 is 9.90 Å². The van der Waals surface area contributed by atoms with Crippen molar-refractivity contribution in [3.05, 3.63) is 34.4 Å². The number of hydrogen-bond acceptors (Lipinski definition) is 1. The van der Waals surface area contributed by atoms with Gasteiger partial charge >= 0.3 is 5.97 Å². The topological polar surface area (TPSA) is 37.3 Å². The second kappa shape index (κ2) is 5.59. The van der Waals surface area contributed by atoms with Crippen LogP contribution in [0.15, 0.2) is 12.1 Å². The lowest BCUT2D eigenvalue weighted by molar-refractivity contribution is -0.143. The van der Waals surface area contributed by atoms with Crippen LogP contribution >= 0.6 is 0 Å². The van der Waals surface area contributed by atoms with Crippen molar-refractivity contribution in [3.63, 3.8) is 0 Å². The molecule has 0 fully saturated rings. The summed E-state index contributed by atoms with van der Waals surface area (Å²) in [6.07, 6.45) is 5.01. The van der Waals surface area contributed by atoms with Crippen molar-refractivity contribution in [2.45, 2.75) is 65.2 Å². The van der Waals surface area contributed by atoms with Gasteiger partial charge in [0.05, 0.1) is 5.41 Å². The van der Waals surface area contributed by atoms with Gasteiger partial charge in [0.1, 0.15) is 0 Å². The summed E-state index contributed by atoms with van der Waals surface area (Å²) in [6, 6.07) is 4.16. The number of carboxylic acids is 1. The molecule has 110 valence electrons. The van der Waals surface area contributed by atoms with Gasteiger partial charge in [-0.3, -0.25) is 4.79 Å². The molecule has 2 rings (SSSR count). The number of fused-ring (bicyclic) bond motifs is 1. The van der Waals surface area contributed by atoms with E-state index in [1.807, 2.05) is 6.92 Å². The average molecular weight is 274 g/mol. The second-order valence-electron chi connectivity index (χ2n) is 6.81. The highest BCUT2D eigenvalue weighted by Gasteiger charge is 2.39. The van der Waals surface area contributed by atoms with E-state index in [2.05, 4.69) is 32.9 Å². The zero-order valence-corrected chi connectivity index (χ0v) is 13.1. The molecular weight excluding hydrogens is 248 g/mol. The van der Waals surface area contributed by atoms with Crippen molar-refractivity contribution in [2.75, 3.05) is 0 Å². The maximum Gasteiger partial charge on any atom is 0.313 e. The largest absolute Gasteiger partial charge is 0.481 e. The SMILES string of the molecule is Cc1ccc2c(c1CCC(C)C)CCCC2(C)C(=O)O. The summed E-state index contributed by atoms with van der Waals surface area (Å²) in [7, 11) is 0. The van der Waals surface area contributed by atoms with Crippen LogP contribution in [0.4, 0.5) is 0 Å². The summed E-state index contributed by atoms with van der Waals surface area (Å²) in [6.45, 7) is 8.52. The van der Waals surface area contributed by atoms with E-state index in [-0.39, 0.29) is 0 Å². The molecule has 1 aromatic rings. The number of rotatable bonds is 4. The molecule has 0 aromatic heterocycles. The number of aliphatic carboxylic acids is 1. The standard InChI is InChI=1S/C18H26O2/c1-12(2)7-9-14-13(3)8-10-16-15(14)6-5-11-18(16,4)17(19)20/h8,10,12H,5-7,9,11H2,1-4H3,(H,19,20). The Labute approximate surface area is 122 Å². The minimum atomic E-state index is -0.701. The summed E-state index contributed by atoms with van der Waals surface area (Å²) in [5, 5.41) is 9.62. The minimum absolute atomic E-state index is 0.680. The first-order chi connectivity index (χ1) is 9.36. The van der Waals surface area contributed by atoms with Gasteiger partial charge in [0.25, 0.3) is 0 Å². The Balaban J connectivity index is 2.48. The number of carboxylic acid groups (broad SMARTS) is 1. The Hall–Kier alpha value is -1.31. The van der Waals surface area contributed by atoms with Gasteiger partial charge < -0.3 is 5.11 Å². The van der Waals surface area contributed by atoms with E-state index >= 15 is 0 Å². The van der Waals surface area contributed by atoms with Crippen LogP contribution < -0.4 is 0 Å². The first-order valence-electron chi connectivity index (χ1n) is 7.71.